The van der Waals surface area contributed by atoms with Crippen molar-refractivity contribution in [2.75, 3.05) is 7.11 Å². The van der Waals surface area contributed by atoms with E-state index in [-0.39, 0.29) is 0 Å². The van der Waals surface area contributed by atoms with Crippen LogP contribution in [0, 0.1) is 0 Å². The average molecular weight is 392 g/mol. The van der Waals surface area contributed by atoms with E-state index in [0.717, 1.165) is 29.3 Å². The van der Waals surface area contributed by atoms with E-state index in [9.17, 15) is 0 Å². The van der Waals surface area contributed by atoms with Crippen LogP contribution >= 0.6 is 0 Å². The van der Waals surface area contributed by atoms with Gasteiger partial charge in [-0.2, -0.15) is 0 Å². The maximum atomic E-state index is 5.63. The molecule has 0 spiro atoms. The minimum Gasteiger partial charge on any atom is -0.494 e. The molecule has 154 valence electrons. The first-order valence-corrected chi connectivity index (χ1v) is 11.2. The molecule has 1 aliphatic carbocycles. The second-order valence-corrected chi connectivity index (χ2v) is 8.40. The summed E-state index contributed by atoms with van der Waals surface area (Å²) >= 11 is 0. The minimum atomic E-state index is 0.552. The second kappa shape index (κ2) is 9.34. The topological polar surface area (TPSA) is 53.2 Å². The van der Waals surface area contributed by atoms with E-state index in [2.05, 4.69) is 29.0 Å². The van der Waals surface area contributed by atoms with E-state index in [0.29, 0.717) is 5.92 Å². The maximum Gasteiger partial charge on any atom is 0.146 e. The summed E-state index contributed by atoms with van der Waals surface area (Å²) in [6.45, 7) is 2.37. The van der Waals surface area contributed by atoms with Crippen molar-refractivity contribution in [1.82, 2.24) is 9.97 Å². The van der Waals surface area contributed by atoms with Gasteiger partial charge in [-0.05, 0) is 55.0 Å². The summed E-state index contributed by atoms with van der Waals surface area (Å²) in [4.78, 5) is 11.8. The smallest absolute Gasteiger partial charge is 0.146 e. The van der Waals surface area contributed by atoms with Crippen LogP contribution in [0.1, 0.15) is 86.9 Å². The third kappa shape index (κ3) is 4.75. The van der Waals surface area contributed by atoms with Crippen molar-refractivity contribution in [3.8, 4) is 0 Å². The Balaban J connectivity index is 1.65. The van der Waals surface area contributed by atoms with Gasteiger partial charge in [-0.15, -0.1) is 0 Å². The van der Waals surface area contributed by atoms with Crippen molar-refractivity contribution in [2.45, 2.75) is 70.6 Å². The number of aliphatic imine (C=N–C) groups is 1. The van der Waals surface area contributed by atoms with E-state index in [1.165, 1.54) is 68.3 Å². The van der Waals surface area contributed by atoms with Gasteiger partial charge in [0.1, 0.15) is 11.5 Å². The van der Waals surface area contributed by atoms with Crippen LogP contribution < -0.4 is 0 Å². The van der Waals surface area contributed by atoms with Crippen LogP contribution in [0.2, 0.25) is 0 Å². The molecular weight excluding hydrogens is 358 g/mol. The molecule has 4 rings (SSSR count). The summed E-state index contributed by atoms with van der Waals surface area (Å²) in [6.07, 6.45) is 17.9. The molecule has 3 heterocycles. The third-order valence-corrected chi connectivity index (χ3v) is 6.19. The first-order valence-electron chi connectivity index (χ1n) is 11.2. The highest BCUT2D eigenvalue weighted by Crippen LogP contribution is 2.31. The molecule has 0 radical (unpaired) electrons. The summed E-state index contributed by atoms with van der Waals surface area (Å²) in [5.74, 6) is 1.37. The first-order chi connectivity index (χ1) is 14.2. The van der Waals surface area contributed by atoms with Gasteiger partial charge in [-0.3, -0.25) is 0 Å². The molecule has 0 saturated carbocycles. The fourth-order valence-electron chi connectivity index (χ4n) is 4.46. The number of nitrogens with one attached hydrogen (secondary N) is 2. The van der Waals surface area contributed by atoms with Crippen molar-refractivity contribution >= 4 is 11.8 Å². The van der Waals surface area contributed by atoms with Gasteiger partial charge < -0.3 is 14.7 Å². The van der Waals surface area contributed by atoms with Crippen LogP contribution in [0.25, 0.3) is 6.08 Å². The number of nitrogens with zero attached hydrogens (tertiary/aromatic N) is 1. The van der Waals surface area contributed by atoms with Crippen molar-refractivity contribution in [1.29, 1.82) is 0 Å². The molecule has 0 saturated heterocycles. The van der Waals surface area contributed by atoms with Crippen LogP contribution in [0.3, 0.4) is 0 Å². The first kappa shape index (κ1) is 19.8. The quantitative estimate of drug-likeness (QED) is 0.616. The van der Waals surface area contributed by atoms with Gasteiger partial charge in [0.2, 0.25) is 0 Å². The molecule has 0 aromatic carbocycles. The number of H-pyrrole nitrogens is 2. The number of aryl methyl sites for hydroxylation is 1. The highest BCUT2D eigenvalue weighted by atomic mass is 16.5. The highest BCUT2D eigenvalue weighted by Gasteiger charge is 2.20. The van der Waals surface area contributed by atoms with Gasteiger partial charge in [-0.1, -0.05) is 45.4 Å². The van der Waals surface area contributed by atoms with E-state index in [1.807, 2.05) is 24.4 Å². The molecule has 0 fully saturated rings. The number of hydrogen-bond acceptors (Lipinski definition) is 2. The molecule has 1 atom stereocenters. The van der Waals surface area contributed by atoms with Crippen LogP contribution in [-0.4, -0.2) is 22.8 Å². The Morgan fingerprint density at radius 3 is 2.66 bits per heavy atom. The number of hydrogen-bond donors (Lipinski definition) is 2. The largest absolute Gasteiger partial charge is 0.494 e. The number of ether oxygens (including phenoxy) is 1. The maximum absolute atomic E-state index is 5.63. The van der Waals surface area contributed by atoms with Crippen LogP contribution in [0.4, 0.5) is 0 Å². The summed E-state index contributed by atoms with van der Waals surface area (Å²) in [5, 5.41) is 0. The predicted octanol–water partition coefficient (Wildman–Crippen LogP) is 6.50. The fourth-order valence-corrected chi connectivity index (χ4v) is 4.46. The number of methoxy groups -OCH3 is 1. The summed E-state index contributed by atoms with van der Waals surface area (Å²) in [7, 11) is 1.72. The van der Waals surface area contributed by atoms with Crippen LogP contribution in [-0.2, 0) is 11.2 Å². The van der Waals surface area contributed by atoms with E-state index in [1.54, 1.807) is 7.11 Å². The Morgan fingerprint density at radius 2 is 1.90 bits per heavy atom. The number of rotatable bonds is 3. The molecule has 2 aliphatic rings. The molecular formula is C25H33N3O. The zero-order valence-electron chi connectivity index (χ0n) is 17.8. The van der Waals surface area contributed by atoms with Gasteiger partial charge >= 0.3 is 0 Å². The van der Waals surface area contributed by atoms with E-state index < -0.39 is 0 Å². The molecule has 1 aliphatic heterocycles. The molecule has 0 amide bonds. The van der Waals surface area contributed by atoms with Crippen molar-refractivity contribution in [3.63, 3.8) is 0 Å². The van der Waals surface area contributed by atoms with E-state index in [4.69, 9.17) is 9.73 Å². The summed E-state index contributed by atoms with van der Waals surface area (Å²) in [5.41, 5.74) is 6.79. The molecule has 2 aromatic rings. The molecule has 4 heteroatoms. The standard InChI is InChI=1S/C25H33N3O/c1-18-11-8-6-4-3-5-7-9-12-19-15-20(18)22(27-19)16-24-25(29-2)17-23(28-24)21-13-10-14-26-21/h10,13-18,26-27H,3-9,11-12H2,1-2H3/b24-16+. The lowest BCUT2D eigenvalue weighted by Crippen LogP contribution is -1.96. The van der Waals surface area contributed by atoms with Gasteiger partial charge in [0, 0.05) is 23.7 Å². The van der Waals surface area contributed by atoms with Crippen LogP contribution in [0.15, 0.2) is 46.9 Å². The second-order valence-electron chi connectivity index (χ2n) is 8.40. The number of aromatic nitrogens is 2. The number of fused-ring (bicyclic) bond motifs is 2. The van der Waals surface area contributed by atoms with Gasteiger partial charge in [-0.25, -0.2) is 4.99 Å². The molecule has 2 bridgehead atoms. The zero-order chi connectivity index (χ0) is 20.1. The SMILES string of the molecule is COC1=CC(c2ccc[nH]2)=N/C1=C/c1[nH]c2cc1C(C)CCCCCCCCC2. The summed E-state index contributed by atoms with van der Waals surface area (Å²) < 4.78 is 5.63. The molecule has 2 N–H and O–H groups in total. The van der Waals surface area contributed by atoms with Crippen LogP contribution in [0.5, 0.6) is 0 Å². The lowest BCUT2D eigenvalue weighted by molar-refractivity contribution is 0.303. The molecule has 29 heavy (non-hydrogen) atoms. The molecule has 1 unspecified atom stereocenters. The fraction of sp³-hybridized carbons (Fsp3) is 0.480. The normalized spacial score (nSPS) is 22.4. The number of allylic oxidation sites excluding steroid dienone is 1. The lowest BCUT2D eigenvalue weighted by Gasteiger charge is -2.12. The number of aromatic amines is 2. The van der Waals surface area contributed by atoms with Crippen molar-refractivity contribution in [2.24, 2.45) is 4.99 Å². The lowest BCUT2D eigenvalue weighted by atomic mass is 9.94. The van der Waals surface area contributed by atoms with E-state index >= 15 is 0 Å². The Kier molecular flexibility index (Phi) is 6.38. The summed E-state index contributed by atoms with van der Waals surface area (Å²) in [6, 6.07) is 6.43. The molecule has 4 nitrogen and oxygen atoms in total. The third-order valence-electron chi connectivity index (χ3n) is 6.19. The Labute approximate surface area is 174 Å². The Bertz CT molecular complexity index is 899. The van der Waals surface area contributed by atoms with Gasteiger partial charge in [0.25, 0.3) is 0 Å². The zero-order valence-corrected chi connectivity index (χ0v) is 17.8. The Morgan fingerprint density at radius 1 is 1.10 bits per heavy atom. The van der Waals surface area contributed by atoms with Crippen molar-refractivity contribution < 1.29 is 4.74 Å². The monoisotopic (exact) mass is 391 g/mol. The highest BCUT2D eigenvalue weighted by molar-refractivity contribution is 6.11. The Hall–Kier alpha value is -2.49. The predicted molar refractivity (Wildman–Crippen MR) is 120 cm³/mol. The van der Waals surface area contributed by atoms with Crippen molar-refractivity contribution in [3.05, 3.63) is 64.6 Å². The minimum absolute atomic E-state index is 0.552. The van der Waals surface area contributed by atoms with Gasteiger partial charge in [0.15, 0.2) is 0 Å². The molecule has 2 aromatic heterocycles. The average Bonchev–Trinajstić information content (AvgIpc) is 3.46. The van der Waals surface area contributed by atoms with Gasteiger partial charge in [0.05, 0.1) is 18.5 Å².